The predicted molar refractivity (Wildman–Crippen MR) is 54.9 cm³/mol. The van der Waals surface area contributed by atoms with Crippen LogP contribution < -0.4 is 10.5 Å². The lowest BCUT2D eigenvalue weighted by molar-refractivity contribution is 0.416. The van der Waals surface area contributed by atoms with E-state index < -0.39 is 0 Å². The highest BCUT2D eigenvalue weighted by atomic mass is 16.5. The van der Waals surface area contributed by atoms with Gasteiger partial charge in [-0.2, -0.15) is 4.68 Å². The molecule has 0 atom stereocenters. The molecule has 1 aromatic carbocycles. The maximum Gasteiger partial charge on any atom is 0.153 e. The van der Waals surface area contributed by atoms with Crippen LogP contribution >= 0.6 is 0 Å². The number of hydrogen-bond acceptors (Lipinski definition) is 5. The molecule has 2 N–H and O–H groups in total. The number of hydrogen-bond donors (Lipinski definition) is 1. The highest BCUT2D eigenvalue weighted by molar-refractivity contribution is 5.57. The van der Waals surface area contributed by atoms with Crippen molar-refractivity contribution in [2.75, 3.05) is 12.8 Å². The minimum atomic E-state index is 0.590. The Labute approximate surface area is 86.7 Å². The van der Waals surface area contributed by atoms with Crippen LogP contribution in [0.2, 0.25) is 0 Å². The monoisotopic (exact) mass is 205 g/mol. The van der Waals surface area contributed by atoms with Crippen LogP contribution in [0.3, 0.4) is 0 Å². The molecule has 0 saturated carbocycles. The van der Waals surface area contributed by atoms with Crippen LogP contribution in [0.5, 0.6) is 5.75 Å². The minimum absolute atomic E-state index is 0.590. The van der Waals surface area contributed by atoms with E-state index in [9.17, 15) is 0 Å². The summed E-state index contributed by atoms with van der Waals surface area (Å²) in [6.45, 7) is 1.82. The maximum absolute atomic E-state index is 5.71. The Bertz CT molecular complexity index is 479. The SMILES string of the molecule is COc1cc(-n2nnnc2C)ccc1N. The van der Waals surface area contributed by atoms with Gasteiger partial charge in [0.1, 0.15) is 5.75 Å². The molecule has 1 heterocycles. The van der Waals surface area contributed by atoms with Crippen LogP contribution in [0.25, 0.3) is 5.69 Å². The third kappa shape index (κ3) is 1.61. The quantitative estimate of drug-likeness (QED) is 0.725. The molecule has 0 aliphatic heterocycles. The van der Waals surface area contributed by atoms with Crippen molar-refractivity contribution >= 4 is 5.69 Å². The van der Waals surface area contributed by atoms with E-state index in [0.29, 0.717) is 17.3 Å². The van der Waals surface area contributed by atoms with Gasteiger partial charge in [0.2, 0.25) is 0 Å². The summed E-state index contributed by atoms with van der Waals surface area (Å²) < 4.78 is 6.73. The van der Waals surface area contributed by atoms with Crippen LogP contribution in [-0.2, 0) is 0 Å². The fourth-order valence-electron chi connectivity index (χ4n) is 1.30. The second kappa shape index (κ2) is 3.56. The number of benzene rings is 1. The fourth-order valence-corrected chi connectivity index (χ4v) is 1.30. The molecule has 0 radical (unpaired) electrons. The first-order valence-electron chi connectivity index (χ1n) is 4.41. The zero-order valence-electron chi connectivity index (χ0n) is 8.51. The number of aromatic nitrogens is 4. The van der Waals surface area contributed by atoms with E-state index in [4.69, 9.17) is 10.5 Å². The number of anilines is 1. The molecule has 0 unspecified atom stereocenters. The van der Waals surface area contributed by atoms with Crippen LogP contribution in [0, 0.1) is 6.92 Å². The first-order valence-corrected chi connectivity index (χ1v) is 4.41. The summed E-state index contributed by atoms with van der Waals surface area (Å²) in [6.07, 6.45) is 0. The highest BCUT2D eigenvalue weighted by Gasteiger charge is 2.06. The fraction of sp³-hybridized carbons (Fsp3) is 0.222. The number of methoxy groups -OCH3 is 1. The van der Waals surface area contributed by atoms with Crippen molar-refractivity contribution in [3.05, 3.63) is 24.0 Å². The summed E-state index contributed by atoms with van der Waals surface area (Å²) in [7, 11) is 1.57. The van der Waals surface area contributed by atoms with Gasteiger partial charge in [0.25, 0.3) is 0 Å². The standard InChI is InChI=1S/C9H11N5O/c1-6-11-12-13-14(6)7-3-4-8(10)9(5-7)15-2/h3-5H,10H2,1-2H3. The van der Waals surface area contributed by atoms with Gasteiger partial charge in [-0.15, -0.1) is 5.10 Å². The Kier molecular flexibility index (Phi) is 2.24. The number of nitrogen functional groups attached to an aromatic ring is 1. The molecule has 0 spiro atoms. The van der Waals surface area contributed by atoms with E-state index in [1.54, 1.807) is 23.9 Å². The first kappa shape index (κ1) is 9.45. The third-order valence-corrected chi connectivity index (χ3v) is 2.09. The Morgan fingerprint density at radius 3 is 2.80 bits per heavy atom. The normalized spacial score (nSPS) is 10.3. The Morgan fingerprint density at radius 2 is 2.20 bits per heavy atom. The van der Waals surface area contributed by atoms with Crippen LogP contribution in [0.15, 0.2) is 18.2 Å². The average molecular weight is 205 g/mol. The molecule has 2 rings (SSSR count). The molecular formula is C9H11N5O. The van der Waals surface area contributed by atoms with Gasteiger partial charge in [0.15, 0.2) is 5.82 Å². The van der Waals surface area contributed by atoms with Crippen molar-refractivity contribution in [1.82, 2.24) is 20.2 Å². The first-order chi connectivity index (χ1) is 7.22. The smallest absolute Gasteiger partial charge is 0.153 e. The molecular weight excluding hydrogens is 194 g/mol. The summed E-state index contributed by atoms with van der Waals surface area (Å²) >= 11 is 0. The van der Waals surface area contributed by atoms with Crippen molar-refractivity contribution in [3.8, 4) is 11.4 Å². The summed E-state index contributed by atoms with van der Waals surface area (Å²) in [5, 5.41) is 11.2. The number of nitrogens with zero attached hydrogens (tertiary/aromatic N) is 4. The molecule has 0 amide bonds. The van der Waals surface area contributed by atoms with E-state index in [0.717, 1.165) is 5.69 Å². The zero-order valence-corrected chi connectivity index (χ0v) is 8.51. The van der Waals surface area contributed by atoms with Gasteiger partial charge in [-0.3, -0.25) is 0 Å². The zero-order chi connectivity index (χ0) is 10.8. The predicted octanol–water partition coefficient (Wildman–Crippen LogP) is 0.562. The number of rotatable bonds is 2. The van der Waals surface area contributed by atoms with Crippen LogP contribution in [0.1, 0.15) is 5.82 Å². The van der Waals surface area contributed by atoms with Gasteiger partial charge < -0.3 is 10.5 Å². The van der Waals surface area contributed by atoms with E-state index in [2.05, 4.69) is 15.5 Å². The summed E-state index contributed by atoms with van der Waals surface area (Å²) in [4.78, 5) is 0. The Morgan fingerprint density at radius 1 is 1.40 bits per heavy atom. The summed E-state index contributed by atoms with van der Waals surface area (Å²) in [6, 6.07) is 5.38. The second-order valence-electron chi connectivity index (χ2n) is 3.06. The number of tetrazole rings is 1. The van der Waals surface area contributed by atoms with E-state index in [1.165, 1.54) is 0 Å². The number of ether oxygens (including phenoxy) is 1. The van der Waals surface area contributed by atoms with Crippen molar-refractivity contribution in [1.29, 1.82) is 0 Å². The molecule has 1 aromatic heterocycles. The maximum atomic E-state index is 5.71. The highest BCUT2D eigenvalue weighted by Crippen LogP contribution is 2.23. The second-order valence-corrected chi connectivity index (χ2v) is 3.06. The van der Waals surface area contributed by atoms with Gasteiger partial charge in [-0.1, -0.05) is 0 Å². The van der Waals surface area contributed by atoms with Crippen molar-refractivity contribution in [2.24, 2.45) is 0 Å². The summed E-state index contributed by atoms with van der Waals surface area (Å²) in [5.74, 6) is 1.32. The van der Waals surface area contributed by atoms with Crippen molar-refractivity contribution in [3.63, 3.8) is 0 Å². The lowest BCUT2D eigenvalue weighted by Gasteiger charge is -2.07. The van der Waals surface area contributed by atoms with Gasteiger partial charge in [-0.25, -0.2) is 0 Å². The molecule has 0 fully saturated rings. The van der Waals surface area contributed by atoms with E-state index in [-0.39, 0.29) is 0 Å². The van der Waals surface area contributed by atoms with Crippen molar-refractivity contribution in [2.45, 2.75) is 6.92 Å². The van der Waals surface area contributed by atoms with E-state index in [1.807, 2.05) is 13.0 Å². The molecule has 0 aliphatic carbocycles. The lowest BCUT2D eigenvalue weighted by Crippen LogP contribution is -2.01. The number of nitrogens with two attached hydrogens (primary N) is 1. The largest absolute Gasteiger partial charge is 0.495 e. The molecule has 15 heavy (non-hydrogen) atoms. The van der Waals surface area contributed by atoms with Gasteiger partial charge in [0, 0.05) is 6.07 Å². The average Bonchev–Trinajstić information content (AvgIpc) is 2.65. The molecule has 0 bridgehead atoms. The van der Waals surface area contributed by atoms with Crippen LogP contribution in [-0.4, -0.2) is 27.3 Å². The van der Waals surface area contributed by atoms with Crippen LogP contribution in [0.4, 0.5) is 5.69 Å². The topological polar surface area (TPSA) is 78.8 Å². The Balaban J connectivity index is 2.51. The molecule has 0 saturated heterocycles. The molecule has 6 nitrogen and oxygen atoms in total. The lowest BCUT2D eigenvalue weighted by atomic mass is 10.2. The Hall–Kier alpha value is -2.11. The molecule has 0 aliphatic rings. The van der Waals surface area contributed by atoms with Gasteiger partial charge in [0.05, 0.1) is 18.5 Å². The third-order valence-electron chi connectivity index (χ3n) is 2.09. The molecule has 6 heteroatoms. The number of aryl methyl sites for hydroxylation is 1. The van der Waals surface area contributed by atoms with E-state index >= 15 is 0 Å². The van der Waals surface area contributed by atoms with Gasteiger partial charge in [-0.05, 0) is 29.5 Å². The van der Waals surface area contributed by atoms with Crippen molar-refractivity contribution < 1.29 is 4.74 Å². The molecule has 2 aromatic rings. The minimum Gasteiger partial charge on any atom is -0.495 e. The summed E-state index contributed by atoms with van der Waals surface area (Å²) in [5.41, 5.74) is 7.12. The molecule has 78 valence electrons. The van der Waals surface area contributed by atoms with Gasteiger partial charge >= 0.3 is 0 Å².